The van der Waals surface area contributed by atoms with Gasteiger partial charge in [0.2, 0.25) is 0 Å². The molecular weight excluding hydrogens is 230 g/mol. The first-order valence-electron chi connectivity index (χ1n) is 6.31. The van der Waals surface area contributed by atoms with E-state index >= 15 is 0 Å². The molecule has 18 heavy (non-hydrogen) atoms. The molecule has 1 saturated heterocycles. The summed E-state index contributed by atoms with van der Waals surface area (Å²) in [6.45, 7) is 5.06. The maximum Gasteiger partial charge on any atom is 0.306 e. The van der Waals surface area contributed by atoms with Crippen LogP contribution in [-0.2, 0) is 16.0 Å². The number of nitrogens with zero attached hydrogens (tertiary/aromatic N) is 1. The zero-order valence-electron chi connectivity index (χ0n) is 10.6. The molecule has 1 aliphatic heterocycles. The van der Waals surface area contributed by atoms with Crippen LogP contribution in [0.25, 0.3) is 0 Å². The first-order valence-corrected chi connectivity index (χ1v) is 6.31. The van der Waals surface area contributed by atoms with E-state index in [1.54, 1.807) is 6.92 Å². The lowest BCUT2D eigenvalue weighted by Gasteiger charge is -2.29. The Morgan fingerprint density at radius 3 is 2.83 bits per heavy atom. The van der Waals surface area contributed by atoms with Gasteiger partial charge in [0, 0.05) is 18.8 Å². The largest absolute Gasteiger partial charge is 0.481 e. The number of carboxylic acid groups (broad SMARTS) is 1. The standard InChI is InChI=1S/C14H19NO3/c1-11(14(16)17)9-12-3-2-4-13(10-12)15-5-7-18-8-6-15/h2-4,10-11H,5-9H2,1H3,(H,16,17). The monoisotopic (exact) mass is 249 g/mol. The highest BCUT2D eigenvalue weighted by Crippen LogP contribution is 2.19. The molecule has 0 aromatic heterocycles. The van der Waals surface area contributed by atoms with Crippen LogP contribution in [0.3, 0.4) is 0 Å². The SMILES string of the molecule is CC(Cc1cccc(N2CCOCC2)c1)C(=O)O. The van der Waals surface area contributed by atoms with E-state index < -0.39 is 5.97 Å². The lowest BCUT2D eigenvalue weighted by Crippen LogP contribution is -2.36. The molecule has 2 rings (SSSR count). The van der Waals surface area contributed by atoms with Crippen molar-refractivity contribution < 1.29 is 14.6 Å². The molecule has 4 heteroatoms. The summed E-state index contributed by atoms with van der Waals surface area (Å²) in [6.07, 6.45) is 0.577. The van der Waals surface area contributed by atoms with Crippen LogP contribution in [0.15, 0.2) is 24.3 Å². The van der Waals surface area contributed by atoms with Crippen molar-refractivity contribution in [3.8, 4) is 0 Å². The van der Waals surface area contributed by atoms with Crippen molar-refractivity contribution in [2.75, 3.05) is 31.2 Å². The third kappa shape index (κ3) is 3.23. The van der Waals surface area contributed by atoms with Gasteiger partial charge in [-0.1, -0.05) is 19.1 Å². The maximum atomic E-state index is 10.9. The van der Waals surface area contributed by atoms with Crippen molar-refractivity contribution in [1.82, 2.24) is 0 Å². The van der Waals surface area contributed by atoms with E-state index in [4.69, 9.17) is 9.84 Å². The van der Waals surface area contributed by atoms with Gasteiger partial charge in [0.1, 0.15) is 0 Å². The van der Waals surface area contributed by atoms with Crippen molar-refractivity contribution in [2.24, 2.45) is 5.92 Å². The zero-order valence-corrected chi connectivity index (χ0v) is 10.6. The topological polar surface area (TPSA) is 49.8 Å². The molecule has 1 heterocycles. The van der Waals surface area contributed by atoms with E-state index in [-0.39, 0.29) is 5.92 Å². The Morgan fingerprint density at radius 1 is 1.44 bits per heavy atom. The first kappa shape index (κ1) is 12.9. The minimum atomic E-state index is -0.744. The summed E-state index contributed by atoms with van der Waals surface area (Å²) in [7, 11) is 0. The third-order valence-electron chi connectivity index (χ3n) is 3.25. The van der Waals surface area contributed by atoms with Gasteiger partial charge in [-0.15, -0.1) is 0 Å². The fraction of sp³-hybridized carbons (Fsp3) is 0.500. The molecule has 0 spiro atoms. The van der Waals surface area contributed by atoms with Gasteiger partial charge in [0.25, 0.3) is 0 Å². The smallest absolute Gasteiger partial charge is 0.306 e. The average molecular weight is 249 g/mol. The van der Waals surface area contributed by atoms with E-state index in [0.717, 1.165) is 37.6 Å². The number of rotatable bonds is 4. The molecule has 0 aliphatic carbocycles. The second kappa shape index (κ2) is 5.87. The predicted octanol–water partition coefficient (Wildman–Crippen LogP) is 1.79. The van der Waals surface area contributed by atoms with Gasteiger partial charge in [-0.05, 0) is 24.1 Å². The van der Waals surface area contributed by atoms with Gasteiger partial charge >= 0.3 is 5.97 Å². The molecule has 1 unspecified atom stereocenters. The average Bonchev–Trinajstić information content (AvgIpc) is 2.40. The van der Waals surface area contributed by atoms with E-state index in [9.17, 15) is 4.79 Å². The number of benzene rings is 1. The Labute approximate surface area is 107 Å². The maximum absolute atomic E-state index is 10.9. The number of carbonyl (C=O) groups is 1. The van der Waals surface area contributed by atoms with E-state index in [1.165, 1.54) is 0 Å². The van der Waals surface area contributed by atoms with E-state index in [0.29, 0.717) is 6.42 Å². The number of hydrogen-bond donors (Lipinski definition) is 1. The molecule has 1 N–H and O–H groups in total. The lowest BCUT2D eigenvalue weighted by atomic mass is 10.0. The molecule has 0 bridgehead atoms. The molecular formula is C14H19NO3. The second-order valence-corrected chi connectivity index (χ2v) is 4.71. The fourth-order valence-electron chi connectivity index (χ4n) is 2.14. The quantitative estimate of drug-likeness (QED) is 0.883. The third-order valence-corrected chi connectivity index (χ3v) is 3.25. The first-order chi connectivity index (χ1) is 8.66. The van der Waals surface area contributed by atoms with Crippen LogP contribution < -0.4 is 4.90 Å². The fourth-order valence-corrected chi connectivity index (χ4v) is 2.14. The Kier molecular flexibility index (Phi) is 4.20. The summed E-state index contributed by atoms with van der Waals surface area (Å²) in [4.78, 5) is 13.1. The molecule has 1 aromatic rings. The zero-order chi connectivity index (χ0) is 13.0. The molecule has 98 valence electrons. The van der Waals surface area contributed by atoms with Crippen molar-refractivity contribution in [3.63, 3.8) is 0 Å². The van der Waals surface area contributed by atoms with Crippen LogP contribution >= 0.6 is 0 Å². The van der Waals surface area contributed by atoms with Crippen molar-refractivity contribution in [2.45, 2.75) is 13.3 Å². The molecule has 4 nitrogen and oxygen atoms in total. The van der Waals surface area contributed by atoms with Crippen molar-refractivity contribution in [1.29, 1.82) is 0 Å². The highest BCUT2D eigenvalue weighted by atomic mass is 16.5. The van der Waals surface area contributed by atoms with Crippen molar-refractivity contribution >= 4 is 11.7 Å². The van der Waals surface area contributed by atoms with E-state index in [2.05, 4.69) is 17.0 Å². The second-order valence-electron chi connectivity index (χ2n) is 4.71. The molecule has 0 saturated carbocycles. The Hall–Kier alpha value is -1.55. The molecule has 1 aliphatic rings. The van der Waals surface area contributed by atoms with Gasteiger partial charge in [-0.3, -0.25) is 4.79 Å². The summed E-state index contributed by atoms with van der Waals surface area (Å²) in [5.41, 5.74) is 2.24. The minimum Gasteiger partial charge on any atom is -0.481 e. The van der Waals surface area contributed by atoms with Gasteiger partial charge in [-0.2, -0.15) is 0 Å². The van der Waals surface area contributed by atoms with Crippen LogP contribution in [0.2, 0.25) is 0 Å². The Balaban J connectivity index is 2.06. The number of aliphatic carboxylic acids is 1. The van der Waals surface area contributed by atoms with Gasteiger partial charge < -0.3 is 14.7 Å². The van der Waals surface area contributed by atoms with Gasteiger partial charge in [-0.25, -0.2) is 0 Å². The van der Waals surface area contributed by atoms with Gasteiger partial charge in [0.05, 0.1) is 19.1 Å². The Morgan fingerprint density at radius 2 is 2.17 bits per heavy atom. The molecule has 0 radical (unpaired) electrons. The predicted molar refractivity (Wildman–Crippen MR) is 70.0 cm³/mol. The summed E-state index contributed by atoms with van der Waals surface area (Å²) >= 11 is 0. The molecule has 1 atom stereocenters. The molecule has 0 amide bonds. The summed E-state index contributed by atoms with van der Waals surface area (Å²) in [5.74, 6) is -1.09. The number of ether oxygens (including phenoxy) is 1. The van der Waals surface area contributed by atoms with Crippen LogP contribution in [0, 0.1) is 5.92 Å². The van der Waals surface area contributed by atoms with Gasteiger partial charge in [0.15, 0.2) is 0 Å². The number of hydrogen-bond acceptors (Lipinski definition) is 3. The number of morpholine rings is 1. The Bertz CT molecular complexity index is 413. The van der Waals surface area contributed by atoms with E-state index in [1.807, 2.05) is 12.1 Å². The number of carboxylic acids is 1. The lowest BCUT2D eigenvalue weighted by molar-refractivity contribution is -0.141. The minimum absolute atomic E-state index is 0.343. The number of anilines is 1. The van der Waals surface area contributed by atoms with Crippen LogP contribution in [0.4, 0.5) is 5.69 Å². The van der Waals surface area contributed by atoms with Crippen LogP contribution in [0.1, 0.15) is 12.5 Å². The summed E-state index contributed by atoms with van der Waals surface area (Å²) < 4.78 is 5.33. The highest BCUT2D eigenvalue weighted by Gasteiger charge is 2.14. The van der Waals surface area contributed by atoms with Crippen molar-refractivity contribution in [3.05, 3.63) is 29.8 Å². The summed E-state index contributed by atoms with van der Waals surface area (Å²) in [6, 6.07) is 8.14. The summed E-state index contributed by atoms with van der Waals surface area (Å²) in [5, 5.41) is 8.93. The highest BCUT2D eigenvalue weighted by molar-refractivity contribution is 5.70. The molecule has 1 aromatic carbocycles. The van der Waals surface area contributed by atoms with Crippen LogP contribution in [-0.4, -0.2) is 37.4 Å². The normalized spacial score (nSPS) is 17.5. The molecule has 1 fully saturated rings. The van der Waals surface area contributed by atoms with Crippen LogP contribution in [0.5, 0.6) is 0 Å².